The van der Waals surface area contributed by atoms with Crippen LogP contribution in [0.25, 0.3) is 0 Å². The smallest absolute Gasteiger partial charge is 0.396 e. The lowest BCUT2D eigenvalue weighted by Crippen LogP contribution is -2.48. The number of halogens is 3. The average molecular weight is 391 g/mol. The molecule has 0 aliphatic carbocycles. The summed E-state index contributed by atoms with van der Waals surface area (Å²) in [5.41, 5.74) is -0.0538. The van der Waals surface area contributed by atoms with Crippen molar-refractivity contribution in [2.24, 2.45) is 5.41 Å². The van der Waals surface area contributed by atoms with Gasteiger partial charge in [0.1, 0.15) is 0 Å². The minimum absolute atomic E-state index is 0.0339. The number of benzene rings is 2. The normalized spacial score (nSPS) is 20.2. The van der Waals surface area contributed by atoms with Gasteiger partial charge in [-0.1, -0.05) is 36.4 Å². The predicted molar refractivity (Wildman–Crippen MR) is 101 cm³/mol. The van der Waals surface area contributed by atoms with Gasteiger partial charge >= 0.3 is 6.18 Å². The highest BCUT2D eigenvalue weighted by molar-refractivity contribution is 5.94. The second-order valence-corrected chi connectivity index (χ2v) is 7.55. The van der Waals surface area contributed by atoms with E-state index in [1.54, 1.807) is 4.90 Å². The number of carbonyl (C=O) groups is 1. The maximum atomic E-state index is 13.0. The molecule has 1 aliphatic rings. The lowest BCUT2D eigenvalue weighted by atomic mass is 9.76. The number of hydrogen-bond donors (Lipinski definition) is 1. The van der Waals surface area contributed by atoms with Crippen molar-refractivity contribution in [1.29, 1.82) is 0 Å². The summed E-state index contributed by atoms with van der Waals surface area (Å²) >= 11 is 0. The lowest BCUT2D eigenvalue weighted by Gasteiger charge is -2.42. The van der Waals surface area contributed by atoms with Gasteiger partial charge < -0.3 is 10.0 Å². The van der Waals surface area contributed by atoms with E-state index in [9.17, 15) is 23.1 Å². The van der Waals surface area contributed by atoms with Gasteiger partial charge in [-0.15, -0.1) is 0 Å². The molecule has 0 radical (unpaired) electrons. The van der Waals surface area contributed by atoms with Crippen LogP contribution in [0.15, 0.2) is 54.6 Å². The first-order chi connectivity index (χ1) is 13.3. The second-order valence-electron chi connectivity index (χ2n) is 7.55. The SMILES string of the molecule is O=C(c1cccc(C(F)(F)F)c1)N1CCC[C@](CO)(CCc2ccccc2)C1. The summed E-state index contributed by atoms with van der Waals surface area (Å²) in [6.07, 6.45) is -1.46. The number of aliphatic hydroxyl groups excluding tert-OH is 1. The molecule has 1 aliphatic heterocycles. The Morgan fingerprint density at radius 1 is 1.11 bits per heavy atom. The molecule has 0 spiro atoms. The fraction of sp³-hybridized carbons (Fsp3) is 0.409. The lowest BCUT2D eigenvalue weighted by molar-refractivity contribution is -0.137. The van der Waals surface area contributed by atoms with Crippen molar-refractivity contribution in [2.75, 3.05) is 19.7 Å². The van der Waals surface area contributed by atoms with E-state index in [1.807, 2.05) is 30.3 Å². The number of likely N-dealkylation sites (tertiary alicyclic amines) is 1. The molecule has 1 heterocycles. The van der Waals surface area contributed by atoms with Crippen LogP contribution in [0, 0.1) is 5.41 Å². The van der Waals surface area contributed by atoms with Crippen molar-refractivity contribution in [1.82, 2.24) is 4.90 Å². The van der Waals surface area contributed by atoms with E-state index in [1.165, 1.54) is 12.1 Å². The first kappa shape index (κ1) is 20.4. The molecule has 3 rings (SSSR count). The summed E-state index contributed by atoms with van der Waals surface area (Å²) in [5, 5.41) is 10.1. The van der Waals surface area contributed by atoms with Crippen LogP contribution in [0.3, 0.4) is 0 Å². The summed E-state index contributed by atoms with van der Waals surface area (Å²) in [5.74, 6) is -0.414. The Bertz CT molecular complexity index is 807. The molecule has 1 amide bonds. The van der Waals surface area contributed by atoms with Crippen molar-refractivity contribution >= 4 is 5.91 Å². The summed E-state index contributed by atoms with van der Waals surface area (Å²) in [6.45, 7) is 0.791. The summed E-state index contributed by atoms with van der Waals surface area (Å²) in [6, 6.07) is 14.5. The molecule has 0 unspecified atom stereocenters. The molecule has 1 atom stereocenters. The molecule has 0 bridgehead atoms. The molecule has 2 aromatic carbocycles. The molecule has 1 N–H and O–H groups in total. The van der Waals surface area contributed by atoms with Crippen LogP contribution in [0.2, 0.25) is 0 Å². The van der Waals surface area contributed by atoms with Gasteiger partial charge in [-0.05, 0) is 49.4 Å². The largest absolute Gasteiger partial charge is 0.416 e. The summed E-state index contributed by atoms with van der Waals surface area (Å²) < 4.78 is 38.9. The molecule has 1 fully saturated rings. The van der Waals surface area contributed by atoms with Crippen LogP contribution in [-0.4, -0.2) is 35.6 Å². The molecule has 0 saturated carbocycles. The highest BCUT2D eigenvalue weighted by Crippen LogP contribution is 2.35. The van der Waals surface area contributed by atoms with Gasteiger partial charge in [-0.2, -0.15) is 13.2 Å². The Morgan fingerprint density at radius 2 is 1.86 bits per heavy atom. The van der Waals surface area contributed by atoms with Gasteiger partial charge in [0.25, 0.3) is 5.91 Å². The van der Waals surface area contributed by atoms with Gasteiger partial charge in [-0.3, -0.25) is 4.79 Å². The molecule has 2 aromatic rings. The maximum absolute atomic E-state index is 13.0. The van der Waals surface area contributed by atoms with Crippen molar-refractivity contribution in [3.8, 4) is 0 Å². The molecule has 150 valence electrons. The zero-order valence-electron chi connectivity index (χ0n) is 15.6. The van der Waals surface area contributed by atoms with Crippen molar-refractivity contribution < 1.29 is 23.1 Å². The summed E-state index contributed by atoms with van der Waals surface area (Å²) in [4.78, 5) is 14.4. The van der Waals surface area contributed by atoms with E-state index in [2.05, 4.69) is 0 Å². The molecule has 1 saturated heterocycles. The Labute approximate surface area is 162 Å². The fourth-order valence-corrected chi connectivity index (χ4v) is 3.86. The van der Waals surface area contributed by atoms with E-state index in [0.717, 1.165) is 43.4 Å². The number of rotatable bonds is 5. The summed E-state index contributed by atoms with van der Waals surface area (Å²) in [7, 11) is 0. The second kappa shape index (κ2) is 8.35. The Hall–Kier alpha value is -2.34. The first-order valence-corrected chi connectivity index (χ1v) is 9.44. The highest BCUT2D eigenvalue weighted by Gasteiger charge is 2.37. The first-order valence-electron chi connectivity index (χ1n) is 9.44. The van der Waals surface area contributed by atoms with Crippen molar-refractivity contribution in [3.05, 3.63) is 71.3 Å². The standard InChI is InChI=1S/C22H24F3NO2/c23-22(24,25)19-9-4-8-18(14-19)20(28)26-13-5-11-21(15-26,16-27)12-10-17-6-2-1-3-7-17/h1-4,6-9,14,27H,5,10-13,15-16H2/t21-/m0/s1. The van der Waals surface area contributed by atoms with Crippen molar-refractivity contribution in [2.45, 2.75) is 31.9 Å². The number of nitrogens with zero attached hydrogens (tertiary/aromatic N) is 1. The molecule has 0 aromatic heterocycles. The molecule has 3 nitrogen and oxygen atoms in total. The number of piperidine rings is 1. The number of carbonyl (C=O) groups excluding carboxylic acids is 1. The van der Waals surface area contributed by atoms with E-state index in [0.29, 0.717) is 13.1 Å². The number of hydrogen-bond acceptors (Lipinski definition) is 2. The van der Waals surface area contributed by atoms with Gasteiger partial charge in [-0.25, -0.2) is 0 Å². The Morgan fingerprint density at radius 3 is 2.54 bits per heavy atom. The number of amides is 1. The van der Waals surface area contributed by atoms with Gasteiger partial charge in [0.2, 0.25) is 0 Å². The molecular weight excluding hydrogens is 367 g/mol. The Kier molecular flexibility index (Phi) is 6.08. The van der Waals surface area contributed by atoms with Crippen molar-refractivity contribution in [3.63, 3.8) is 0 Å². The zero-order valence-corrected chi connectivity index (χ0v) is 15.6. The number of aliphatic hydroxyl groups is 1. The third-order valence-corrected chi connectivity index (χ3v) is 5.51. The maximum Gasteiger partial charge on any atom is 0.416 e. The third-order valence-electron chi connectivity index (χ3n) is 5.51. The van der Waals surface area contributed by atoms with E-state index >= 15 is 0 Å². The molecule has 6 heteroatoms. The topological polar surface area (TPSA) is 40.5 Å². The number of alkyl halides is 3. The van der Waals surface area contributed by atoms with Crippen LogP contribution < -0.4 is 0 Å². The van der Waals surface area contributed by atoms with E-state index < -0.39 is 23.1 Å². The van der Waals surface area contributed by atoms with E-state index in [4.69, 9.17) is 0 Å². The number of aryl methyl sites for hydroxylation is 1. The zero-order chi connectivity index (χ0) is 20.2. The van der Waals surface area contributed by atoms with Gasteiger partial charge in [0.15, 0.2) is 0 Å². The molecule has 28 heavy (non-hydrogen) atoms. The minimum Gasteiger partial charge on any atom is -0.396 e. The average Bonchev–Trinajstić information content (AvgIpc) is 2.72. The van der Waals surface area contributed by atoms with Crippen LogP contribution in [-0.2, 0) is 12.6 Å². The van der Waals surface area contributed by atoms with Crippen LogP contribution in [0.4, 0.5) is 13.2 Å². The Balaban J connectivity index is 1.73. The van der Waals surface area contributed by atoms with Gasteiger partial charge in [0, 0.05) is 24.1 Å². The molecular formula is C22H24F3NO2. The highest BCUT2D eigenvalue weighted by atomic mass is 19.4. The van der Waals surface area contributed by atoms with Crippen LogP contribution in [0.1, 0.15) is 40.7 Å². The van der Waals surface area contributed by atoms with Gasteiger partial charge in [0.05, 0.1) is 12.2 Å². The third kappa shape index (κ3) is 4.73. The quantitative estimate of drug-likeness (QED) is 0.812. The predicted octanol–water partition coefficient (Wildman–Crippen LogP) is 4.55. The monoisotopic (exact) mass is 391 g/mol. The van der Waals surface area contributed by atoms with E-state index in [-0.39, 0.29) is 12.2 Å². The van der Waals surface area contributed by atoms with Crippen LogP contribution >= 0.6 is 0 Å². The fourth-order valence-electron chi connectivity index (χ4n) is 3.86. The van der Waals surface area contributed by atoms with Crippen LogP contribution in [0.5, 0.6) is 0 Å². The minimum atomic E-state index is -4.48.